The first-order chi connectivity index (χ1) is 11.1. The molecule has 2 rings (SSSR count). The Morgan fingerprint density at radius 2 is 1.65 bits per heavy atom. The molecular formula is C19H22O4. The van der Waals surface area contributed by atoms with Crippen molar-refractivity contribution in [3.05, 3.63) is 59.2 Å². The zero-order chi connectivity index (χ0) is 16.7. The Bertz CT molecular complexity index is 647. The summed E-state index contributed by atoms with van der Waals surface area (Å²) in [6.07, 6.45) is 0.963. The van der Waals surface area contributed by atoms with E-state index < -0.39 is 0 Å². The minimum Gasteiger partial charge on any atom is -0.493 e. The van der Waals surface area contributed by atoms with Gasteiger partial charge in [0.25, 0.3) is 0 Å². The number of esters is 1. The van der Waals surface area contributed by atoms with E-state index in [1.54, 1.807) is 7.11 Å². The van der Waals surface area contributed by atoms with Crippen molar-refractivity contribution in [2.24, 2.45) is 0 Å². The van der Waals surface area contributed by atoms with E-state index in [9.17, 15) is 4.79 Å². The van der Waals surface area contributed by atoms with Gasteiger partial charge < -0.3 is 14.2 Å². The van der Waals surface area contributed by atoms with E-state index in [-0.39, 0.29) is 5.97 Å². The van der Waals surface area contributed by atoms with Crippen molar-refractivity contribution in [3.63, 3.8) is 0 Å². The van der Waals surface area contributed by atoms with E-state index in [0.717, 1.165) is 11.1 Å². The summed E-state index contributed by atoms with van der Waals surface area (Å²) in [7, 11) is 3.00. The van der Waals surface area contributed by atoms with Gasteiger partial charge in [0.1, 0.15) is 6.61 Å². The highest BCUT2D eigenvalue weighted by atomic mass is 16.5. The zero-order valence-electron chi connectivity index (χ0n) is 13.8. The number of hydrogen-bond acceptors (Lipinski definition) is 4. The highest BCUT2D eigenvalue weighted by Gasteiger charge is 2.08. The topological polar surface area (TPSA) is 44.8 Å². The number of aryl methyl sites for hydroxylation is 2. The molecule has 0 radical (unpaired) electrons. The molecule has 0 aliphatic rings. The van der Waals surface area contributed by atoms with E-state index in [1.807, 2.05) is 30.3 Å². The standard InChI is InChI=1S/C19H22O4/c1-14-4-6-16(7-5-14)13-23-17-10-8-15(12-18(17)21-2)9-11-19(20)22-3/h4-8,10,12H,9,11,13H2,1-3H3. The first-order valence-electron chi connectivity index (χ1n) is 7.54. The molecule has 0 aliphatic heterocycles. The molecule has 2 aromatic carbocycles. The molecule has 0 fully saturated rings. The summed E-state index contributed by atoms with van der Waals surface area (Å²) in [6.45, 7) is 2.54. The molecule has 0 aromatic heterocycles. The van der Waals surface area contributed by atoms with Crippen molar-refractivity contribution in [2.45, 2.75) is 26.4 Å². The van der Waals surface area contributed by atoms with Gasteiger partial charge in [0.2, 0.25) is 0 Å². The second-order valence-electron chi connectivity index (χ2n) is 5.34. The molecule has 0 saturated carbocycles. The quantitative estimate of drug-likeness (QED) is 0.731. The summed E-state index contributed by atoms with van der Waals surface area (Å²) < 4.78 is 15.9. The minimum atomic E-state index is -0.219. The number of carbonyl (C=O) groups is 1. The average Bonchev–Trinajstić information content (AvgIpc) is 2.59. The van der Waals surface area contributed by atoms with Crippen LogP contribution in [-0.2, 0) is 22.6 Å². The highest BCUT2D eigenvalue weighted by molar-refractivity contribution is 5.69. The molecular weight excluding hydrogens is 292 g/mol. The molecule has 0 amide bonds. The molecule has 4 heteroatoms. The maximum absolute atomic E-state index is 11.2. The van der Waals surface area contributed by atoms with Crippen molar-refractivity contribution in [2.75, 3.05) is 14.2 Å². The zero-order valence-corrected chi connectivity index (χ0v) is 13.8. The third kappa shape index (κ3) is 5.02. The van der Waals surface area contributed by atoms with Crippen molar-refractivity contribution < 1.29 is 19.0 Å². The SMILES string of the molecule is COC(=O)CCc1ccc(OCc2ccc(C)cc2)c(OC)c1. The fourth-order valence-electron chi connectivity index (χ4n) is 2.18. The van der Waals surface area contributed by atoms with Crippen LogP contribution in [-0.4, -0.2) is 20.2 Å². The lowest BCUT2D eigenvalue weighted by Crippen LogP contribution is -2.02. The molecule has 0 heterocycles. The van der Waals surface area contributed by atoms with Crippen LogP contribution in [0.3, 0.4) is 0 Å². The summed E-state index contributed by atoms with van der Waals surface area (Å²) in [6, 6.07) is 13.9. The Morgan fingerprint density at radius 3 is 2.30 bits per heavy atom. The monoisotopic (exact) mass is 314 g/mol. The largest absolute Gasteiger partial charge is 0.493 e. The normalized spacial score (nSPS) is 10.2. The third-order valence-electron chi connectivity index (χ3n) is 3.59. The van der Waals surface area contributed by atoms with Crippen LogP contribution in [0.1, 0.15) is 23.1 Å². The summed E-state index contributed by atoms with van der Waals surface area (Å²) in [5.41, 5.74) is 3.34. The smallest absolute Gasteiger partial charge is 0.305 e. The summed E-state index contributed by atoms with van der Waals surface area (Å²) in [5.74, 6) is 1.14. The number of rotatable bonds is 7. The van der Waals surface area contributed by atoms with Gasteiger partial charge in [0.15, 0.2) is 11.5 Å². The first kappa shape index (κ1) is 16.9. The molecule has 0 saturated heterocycles. The fourth-order valence-corrected chi connectivity index (χ4v) is 2.18. The fraction of sp³-hybridized carbons (Fsp3) is 0.316. The van der Waals surface area contributed by atoms with Gasteiger partial charge in [-0.1, -0.05) is 35.9 Å². The second kappa shape index (κ2) is 8.22. The van der Waals surface area contributed by atoms with Crippen molar-refractivity contribution in [3.8, 4) is 11.5 Å². The van der Waals surface area contributed by atoms with Crippen molar-refractivity contribution in [1.29, 1.82) is 0 Å². The van der Waals surface area contributed by atoms with Crippen LogP contribution in [0.5, 0.6) is 11.5 Å². The second-order valence-corrected chi connectivity index (χ2v) is 5.34. The predicted octanol–water partition coefficient (Wildman–Crippen LogP) is 3.69. The van der Waals surface area contributed by atoms with Gasteiger partial charge in [0, 0.05) is 6.42 Å². The summed E-state index contributed by atoms with van der Waals surface area (Å²) in [4.78, 5) is 11.2. The van der Waals surface area contributed by atoms with E-state index in [0.29, 0.717) is 30.9 Å². The van der Waals surface area contributed by atoms with Crippen LogP contribution in [0, 0.1) is 6.92 Å². The van der Waals surface area contributed by atoms with Crippen LogP contribution in [0.25, 0.3) is 0 Å². The molecule has 0 spiro atoms. The number of carbonyl (C=O) groups excluding carboxylic acids is 1. The maximum Gasteiger partial charge on any atom is 0.305 e. The number of ether oxygens (including phenoxy) is 3. The Kier molecular flexibility index (Phi) is 6.03. The van der Waals surface area contributed by atoms with Crippen molar-refractivity contribution >= 4 is 5.97 Å². The Hall–Kier alpha value is -2.49. The van der Waals surface area contributed by atoms with E-state index in [4.69, 9.17) is 9.47 Å². The first-order valence-corrected chi connectivity index (χ1v) is 7.54. The van der Waals surface area contributed by atoms with Gasteiger partial charge in [0.05, 0.1) is 14.2 Å². The average molecular weight is 314 g/mol. The Balaban J connectivity index is 2.01. The lowest BCUT2D eigenvalue weighted by atomic mass is 10.1. The number of methoxy groups -OCH3 is 2. The summed E-state index contributed by atoms with van der Waals surface area (Å²) >= 11 is 0. The van der Waals surface area contributed by atoms with Crippen LogP contribution in [0.15, 0.2) is 42.5 Å². The molecule has 0 aliphatic carbocycles. The predicted molar refractivity (Wildman–Crippen MR) is 88.8 cm³/mol. The highest BCUT2D eigenvalue weighted by Crippen LogP contribution is 2.29. The lowest BCUT2D eigenvalue weighted by molar-refractivity contribution is -0.140. The Labute approximate surface area is 137 Å². The van der Waals surface area contributed by atoms with Crippen molar-refractivity contribution in [1.82, 2.24) is 0 Å². The number of hydrogen-bond donors (Lipinski definition) is 0. The van der Waals surface area contributed by atoms with Crippen LogP contribution in [0.2, 0.25) is 0 Å². The van der Waals surface area contributed by atoms with Crippen LogP contribution < -0.4 is 9.47 Å². The van der Waals surface area contributed by atoms with Gasteiger partial charge in [-0.25, -0.2) is 0 Å². The van der Waals surface area contributed by atoms with Gasteiger partial charge in [-0.05, 0) is 36.6 Å². The summed E-state index contributed by atoms with van der Waals surface area (Å²) in [5, 5.41) is 0. The molecule has 4 nitrogen and oxygen atoms in total. The Morgan fingerprint density at radius 1 is 0.957 bits per heavy atom. The molecule has 0 atom stereocenters. The maximum atomic E-state index is 11.2. The minimum absolute atomic E-state index is 0.219. The molecule has 2 aromatic rings. The molecule has 122 valence electrons. The van der Waals surface area contributed by atoms with E-state index in [1.165, 1.54) is 12.7 Å². The van der Waals surface area contributed by atoms with Gasteiger partial charge in [-0.3, -0.25) is 4.79 Å². The van der Waals surface area contributed by atoms with E-state index >= 15 is 0 Å². The van der Waals surface area contributed by atoms with Crippen LogP contribution >= 0.6 is 0 Å². The van der Waals surface area contributed by atoms with E-state index in [2.05, 4.69) is 23.8 Å². The number of benzene rings is 2. The third-order valence-corrected chi connectivity index (χ3v) is 3.59. The van der Waals surface area contributed by atoms with Gasteiger partial charge in [-0.15, -0.1) is 0 Å². The van der Waals surface area contributed by atoms with Crippen LogP contribution in [0.4, 0.5) is 0 Å². The van der Waals surface area contributed by atoms with Gasteiger partial charge >= 0.3 is 5.97 Å². The molecule has 0 bridgehead atoms. The molecule has 23 heavy (non-hydrogen) atoms. The molecule has 0 unspecified atom stereocenters. The lowest BCUT2D eigenvalue weighted by Gasteiger charge is -2.12. The molecule has 0 N–H and O–H groups in total. The van der Waals surface area contributed by atoms with Gasteiger partial charge in [-0.2, -0.15) is 0 Å².